The van der Waals surface area contributed by atoms with Gasteiger partial charge >= 0.3 is 6.61 Å². The molecule has 2 rings (SSSR count). The Morgan fingerprint density at radius 3 is 2.47 bits per heavy atom. The third-order valence-electron chi connectivity index (χ3n) is 3.28. The third kappa shape index (κ3) is 4.30. The summed E-state index contributed by atoms with van der Waals surface area (Å²) in [4.78, 5) is 2.27. The van der Waals surface area contributed by atoms with Gasteiger partial charge in [-0.05, 0) is 13.0 Å². The minimum absolute atomic E-state index is 0. The SMILES string of the molecule is C[C@@H](c1ccccc1OC(F)F)N1CCNCC1.Cl. The van der Waals surface area contributed by atoms with E-state index in [2.05, 4.69) is 15.0 Å². The molecule has 6 heteroatoms. The van der Waals surface area contributed by atoms with Gasteiger partial charge in [0.05, 0.1) is 0 Å². The molecular weight excluding hydrogens is 274 g/mol. The number of para-hydroxylation sites is 1. The van der Waals surface area contributed by atoms with Crippen LogP contribution >= 0.6 is 12.4 Å². The van der Waals surface area contributed by atoms with Crippen molar-refractivity contribution in [2.75, 3.05) is 26.2 Å². The lowest BCUT2D eigenvalue weighted by molar-refractivity contribution is -0.0511. The molecule has 1 atom stereocenters. The van der Waals surface area contributed by atoms with Gasteiger partial charge in [0.25, 0.3) is 0 Å². The summed E-state index contributed by atoms with van der Waals surface area (Å²) in [5, 5.41) is 3.27. The molecule has 1 saturated heterocycles. The van der Waals surface area contributed by atoms with Crippen molar-refractivity contribution in [3.8, 4) is 5.75 Å². The molecule has 1 aliphatic heterocycles. The Labute approximate surface area is 118 Å². The maximum Gasteiger partial charge on any atom is 0.387 e. The van der Waals surface area contributed by atoms with Crippen molar-refractivity contribution in [2.45, 2.75) is 19.6 Å². The van der Waals surface area contributed by atoms with E-state index in [1.807, 2.05) is 19.1 Å². The fourth-order valence-electron chi connectivity index (χ4n) is 2.30. The van der Waals surface area contributed by atoms with Gasteiger partial charge in [0.15, 0.2) is 0 Å². The zero-order valence-corrected chi connectivity index (χ0v) is 11.6. The molecule has 0 spiro atoms. The number of benzene rings is 1. The standard InChI is InChI=1S/C13H18F2N2O.ClH/c1-10(17-8-6-16-7-9-17)11-4-2-3-5-12(11)18-13(14)15;/h2-5,10,13,16H,6-9H2,1H3;1H/t10-;/m0./s1. The number of piperazine rings is 1. The van der Waals surface area contributed by atoms with Crippen LogP contribution in [0.5, 0.6) is 5.75 Å². The van der Waals surface area contributed by atoms with E-state index in [0.29, 0.717) is 0 Å². The van der Waals surface area contributed by atoms with Crippen LogP contribution in [-0.4, -0.2) is 37.7 Å². The largest absolute Gasteiger partial charge is 0.434 e. The van der Waals surface area contributed by atoms with E-state index in [1.54, 1.807) is 12.1 Å². The molecule has 1 fully saturated rings. The Hall–Kier alpha value is -0.910. The predicted molar refractivity (Wildman–Crippen MR) is 73.2 cm³/mol. The molecule has 108 valence electrons. The van der Waals surface area contributed by atoms with Crippen LogP contribution in [0.1, 0.15) is 18.5 Å². The van der Waals surface area contributed by atoms with E-state index in [1.165, 1.54) is 0 Å². The number of hydrogen-bond donors (Lipinski definition) is 1. The number of hydrogen-bond acceptors (Lipinski definition) is 3. The lowest BCUT2D eigenvalue weighted by Crippen LogP contribution is -2.44. The highest BCUT2D eigenvalue weighted by atomic mass is 35.5. The van der Waals surface area contributed by atoms with Crippen molar-refractivity contribution in [1.82, 2.24) is 10.2 Å². The van der Waals surface area contributed by atoms with Gasteiger partial charge in [-0.3, -0.25) is 4.90 Å². The lowest BCUT2D eigenvalue weighted by Gasteiger charge is -2.33. The number of nitrogens with one attached hydrogen (secondary N) is 1. The first-order chi connectivity index (χ1) is 8.68. The number of halogens is 3. The van der Waals surface area contributed by atoms with E-state index in [0.717, 1.165) is 31.7 Å². The molecule has 1 heterocycles. The quantitative estimate of drug-likeness (QED) is 0.923. The average molecular weight is 293 g/mol. The van der Waals surface area contributed by atoms with Gasteiger partial charge in [0.2, 0.25) is 0 Å². The minimum atomic E-state index is -2.78. The highest BCUT2D eigenvalue weighted by molar-refractivity contribution is 5.85. The summed E-state index contributed by atoms with van der Waals surface area (Å²) in [6.45, 7) is 2.96. The molecule has 0 saturated carbocycles. The van der Waals surface area contributed by atoms with Crippen LogP contribution in [0.15, 0.2) is 24.3 Å². The van der Waals surface area contributed by atoms with Gasteiger partial charge in [-0.1, -0.05) is 18.2 Å². The average Bonchev–Trinajstić information content (AvgIpc) is 2.39. The first-order valence-corrected chi connectivity index (χ1v) is 6.17. The monoisotopic (exact) mass is 292 g/mol. The van der Waals surface area contributed by atoms with Crippen molar-refractivity contribution in [1.29, 1.82) is 0 Å². The molecule has 0 aromatic heterocycles. The molecule has 0 radical (unpaired) electrons. The predicted octanol–water partition coefficient (Wildman–Crippen LogP) is 2.68. The highest BCUT2D eigenvalue weighted by Gasteiger charge is 2.21. The molecule has 3 nitrogen and oxygen atoms in total. The summed E-state index contributed by atoms with van der Waals surface area (Å²) < 4.78 is 29.3. The number of alkyl halides is 2. The van der Waals surface area contributed by atoms with E-state index in [-0.39, 0.29) is 24.2 Å². The van der Waals surface area contributed by atoms with E-state index in [4.69, 9.17) is 0 Å². The molecule has 1 N–H and O–H groups in total. The summed E-state index contributed by atoms with van der Waals surface area (Å²) in [6.07, 6.45) is 0. The Bertz CT molecular complexity index is 387. The molecule has 0 aliphatic carbocycles. The molecular formula is C13H19ClF2N2O. The lowest BCUT2D eigenvalue weighted by atomic mass is 10.1. The van der Waals surface area contributed by atoms with E-state index < -0.39 is 6.61 Å². The second-order valence-electron chi connectivity index (χ2n) is 4.38. The Morgan fingerprint density at radius 2 is 1.84 bits per heavy atom. The fraction of sp³-hybridized carbons (Fsp3) is 0.538. The molecule has 0 unspecified atom stereocenters. The normalized spacial score (nSPS) is 17.9. The van der Waals surface area contributed by atoms with Crippen molar-refractivity contribution in [3.63, 3.8) is 0 Å². The molecule has 19 heavy (non-hydrogen) atoms. The second-order valence-corrected chi connectivity index (χ2v) is 4.38. The summed E-state index contributed by atoms with van der Waals surface area (Å²) in [5.41, 5.74) is 0.819. The summed E-state index contributed by atoms with van der Waals surface area (Å²) in [5.74, 6) is 0.276. The van der Waals surface area contributed by atoms with Crippen molar-refractivity contribution >= 4 is 12.4 Å². The third-order valence-corrected chi connectivity index (χ3v) is 3.28. The number of ether oxygens (including phenoxy) is 1. The Kier molecular flexibility index (Phi) is 6.48. The fourth-order valence-corrected chi connectivity index (χ4v) is 2.30. The van der Waals surface area contributed by atoms with Crippen LogP contribution in [0.4, 0.5) is 8.78 Å². The van der Waals surface area contributed by atoms with Crippen LogP contribution < -0.4 is 10.1 Å². The van der Waals surface area contributed by atoms with Crippen LogP contribution in [0.25, 0.3) is 0 Å². The Morgan fingerprint density at radius 1 is 1.21 bits per heavy atom. The second kappa shape index (κ2) is 7.62. The molecule has 1 aliphatic rings. The number of rotatable bonds is 4. The number of nitrogens with zero attached hydrogens (tertiary/aromatic N) is 1. The van der Waals surface area contributed by atoms with Gasteiger partial charge in [-0.15, -0.1) is 12.4 Å². The molecule has 1 aromatic carbocycles. The summed E-state index contributed by atoms with van der Waals surface area (Å²) in [6, 6.07) is 7.10. The van der Waals surface area contributed by atoms with Gasteiger partial charge < -0.3 is 10.1 Å². The first-order valence-electron chi connectivity index (χ1n) is 6.17. The van der Waals surface area contributed by atoms with E-state index >= 15 is 0 Å². The van der Waals surface area contributed by atoms with Crippen LogP contribution in [0.2, 0.25) is 0 Å². The van der Waals surface area contributed by atoms with Crippen LogP contribution in [-0.2, 0) is 0 Å². The van der Waals surface area contributed by atoms with Gasteiger partial charge in [-0.2, -0.15) is 8.78 Å². The molecule has 0 amide bonds. The maximum atomic E-state index is 12.4. The maximum absolute atomic E-state index is 12.4. The zero-order chi connectivity index (χ0) is 13.0. The van der Waals surface area contributed by atoms with Gasteiger partial charge in [0.1, 0.15) is 5.75 Å². The van der Waals surface area contributed by atoms with E-state index in [9.17, 15) is 8.78 Å². The van der Waals surface area contributed by atoms with Crippen molar-refractivity contribution < 1.29 is 13.5 Å². The van der Waals surface area contributed by atoms with Gasteiger partial charge in [0, 0.05) is 37.8 Å². The topological polar surface area (TPSA) is 24.5 Å². The summed E-state index contributed by atoms with van der Waals surface area (Å²) >= 11 is 0. The van der Waals surface area contributed by atoms with Gasteiger partial charge in [-0.25, -0.2) is 0 Å². The summed E-state index contributed by atoms with van der Waals surface area (Å²) in [7, 11) is 0. The zero-order valence-electron chi connectivity index (χ0n) is 10.8. The minimum Gasteiger partial charge on any atom is -0.434 e. The van der Waals surface area contributed by atoms with Crippen LogP contribution in [0.3, 0.4) is 0 Å². The Balaban J connectivity index is 0.00000180. The molecule has 0 bridgehead atoms. The van der Waals surface area contributed by atoms with Crippen molar-refractivity contribution in [3.05, 3.63) is 29.8 Å². The molecule has 1 aromatic rings. The highest BCUT2D eigenvalue weighted by Crippen LogP contribution is 2.30. The smallest absolute Gasteiger partial charge is 0.387 e. The van der Waals surface area contributed by atoms with Crippen LogP contribution in [0, 0.1) is 0 Å². The van der Waals surface area contributed by atoms with Crippen molar-refractivity contribution in [2.24, 2.45) is 0 Å². The first kappa shape index (κ1) is 16.1.